The Labute approximate surface area is 181 Å². The summed E-state index contributed by atoms with van der Waals surface area (Å²) in [6, 6.07) is 12.8. The molecule has 2 fully saturated rings. The van der Waals surface area contributed by atoms with E-state index < -0.39 is 0 Å². The van der Waals surface area contributed by atoms with Crippen LogP contribution in [0.1, 0.15) is 30.9 Å². The molecule has 0 bridgehead atoms. The van der Waals surface area contributed by atoms with E-state index in [1.165, 1.54) is 0 Å². The van der Waals surface area contributed by atoms with Crippen molar-refractivity contribution in [2.45, 2.75) is 25.3 Å². The van der Waals surface area contributed by atoms with Crippen LogP contribution in [0.4, 0.5) is 5.69 Å². The average molecular weight is 429 g/mol. The molecule has 2 aliphatic rings. The number of amides is 2. The van der Waals surface area contributed by atoms with Gasteiger partial charge in [-0.05, 0) is 43.2 Å². The van der Waals surface area contributed by atoms with Crippen LogP contribution in [0, 0.1) is 5.92 Å². The van der Waals surface area contributed by atoms with Crippen LogP contribution < -0.4 is 14.4 Å². The standard InChI is InChI=1S/C23H25ClN2O4/c1-29-18-8-9-19(21(13-18)30-2)20-7-4-10-25(20)23(28)15-11-22(27)26(14-15)17-6-3-5-16(24)12-17/h3,5-6,8-9,12-13,15,20H,4,7,10-11,14H2,1-2H3. The van der Waals surface area contributed by atoms with Gasteiger partial charge in [0, 0.05) is 41.9 Å². The molecule has 2 heterocycles. The number of ether oxygens (including phenoxy) is 2. The quantitative estimate of drug-likeness (QED) is 0.720. The lowest BCUT2D eigenvalue weighted by molar-refractivity contribution is -0.136. The van der Waals surface area contributed by atoms with Crippen LogP contribution >= 0.6 is 11.6 Å². The number of hydrogen-bond donors (Lipinski definition) is 0. The number of halogens is 1. The van der Waals surface area contributed by atoms with Gasteiger partial charge in [-0.3, -0.25) is 9.59 Å². The Morgan fingerprint density at radius 3 is 2.70 bits per heavy atom. The molecule has 0 N–H and O–H groups in total. The summed E-state index contributed by atoms with van der Waals surface area (Å²) >= 11 is 6.08. The van der Waals surface area contributed by atoms with Crippen molar-refractivity contribution in [2.24, 2.45) is 5.92 Å². The molecular weight excluding hydrogens is 404 g/mol. The Hall–Kier alpha value is -2.73. The first-order valence-corrected chi connectivity index (χ1v) is 10.5. The minimum atomic E-state index is -0.360. The van der Waals surface area contributed by atoms with Gasteiger partial charge in [0.05, 0.1) is 26.2 Å². The van der Waals surface area contributed by atoms with E-state index in [0.29, 0.717) is 29.6 Å². The molecule has 7 heteroatoms. The molecule has 4 rings (SSSR count). The topological polar surface area (TPSA) is 59.1 Å². The zero-order valence-electron chi connectivity index (χ0n) is 17.1. The van der Waals surface area contributed by atoms with Gasteiger partial charge in [0.2, 0.25) is 11.8 Å². The van der Waals surface area contributed by atoms with E-state index in [9.17, 15) is 9.59 Å². The van der Waals surface area contributed by atoms with Crippen LogP contribution in [0.25, 0.3) is 0 Å². The van der Waals surface area contributed by atoms with E-state index in [0.717, 1.165) is 24.1 Å². The van der Waals surface area contributed by atoms with Gasteiger partial charge in [0.15, 0.2) is 0 Å². The van der Waals surface area contributed by atoms with Gasteiger partial charge in [0.1, 0.15) is 11.5 Å². The number of anilines is 1. The van der Waals surface area contributed by atoms with Gasteiger partial charge in [-0.25, -0.2) is 0 Å². The first-order chi connectivity index (χ1) is 14.5. The number of carbonyl (C=O) groups excluding carboxylic acids is 2. The molecule has 2 aromatic rings. The molecule has 2 atom stereocenters. The van der Waals surface area contributed by atoms with Crippen LogP contribution in [0.5, 0.6) is 11.5 Å². The molecule has 30 heavy (non-hydrogen) atoms. The lowest BCUT2D eigenvalue weighted by atomic mass is 10.0. The highest BCUT2D eigenvalue weighted by Crippen LogP contribution is 2.40. The van der Waals surface area contributed by atoms with Crippen molar-refractivity contribution in [3.8, 4) is 11.5 Å². The number of rotatable bonds is 5. The Morgan fingerprint density at radius 2 is 1.97 bits per heavy atom. The van der Waals surface area contributed by atoms with Crippen molar-refractivity contribution in [1.82, 2.24) is 4.90 Å². The minimum Gasteiger partial charge on any atom is -0.497 e. The van der Waals surface area contributed by atoms with E-state index in [1.54, 1.807) is 31.3 Å². The van der Waals surface area contributed by atoms with Crippen LogP contribution in [0.15, 0.2) is 42.5 Å². The zero-order valence-corrected chi connectivity index (χ0v) is 17.9. The second-order valence-corrected chi connectivity index (χ2v) is 8.12. The van der Waals surface area contributed by atoms with Crippen molar-refractivity contribution < 1.29 is 19.1 Å². The highest BCUT2D eigenvalue weighted by molar-refractivity contribution is 6.31. The smallest absolute Gasteiger partial charge is 0.228 e. The maximum atomic E-state index is 13.4. The van der Waals surface area contributed by atoms with Crippen LogP contribution in [0.2, 0.25) is 5.02 Å². The number of benzene rings is 2. The molecule has 158 valence electrons. The summed E-state index contributed by atoms with van der Waals surface area (Å²) in [6.07, 6.45) is 2.01. The summed E-state index contributed by atoms with van der Waals surface area (Å²) in [5, 5.41) is 0.571. The number of methoxy groups -OCH3 is 2. The summed E-state index contributed by atoms with van der Waals surface area (Å²) in [5.41, 5.74) is 1.71. The molecule has 2 aliphatic heterocycles. The minimum absolute atomic E-state index is 0.0215. The Bertz CT molecular complexity index is 964. The van der Waals surface area contributed by atoms with Crippen LogP contribution in [0.3, 0.4) is 0 Å². The first-order valence-electron chi connectivity index (χ1n) is 10.1. The fraction of sp³-hybridized carbons (Fsp3) is 0.391. The molecule has 0 aliphatic carbocycles. The van der Waals surface area contributed by atoms with Gasteiger partial charge in [0.25, 0.3) is 0 Å². The van der Waals surface area contributed by atoms with Crippen molar-refractivity contribution >= 4 is 29.1 Å². The molecule has 0 spiro atoms. The third-order valence-electron chi connectivity index (χ3n) is 5.93. The third-order valence-corrected chi connectivity index (χ3v) is 6.16. The van der Waals surface area contributed by atoms with E-state index in [1.807, 2.05) is 35.2 Å². The lowest BCUT2D eigenvalue weighted by Crippen LogP contribution is -2.37. The van der Waals surface area contributed by atoms with Crippen molar-refractivity contribution in [1.29, 1.82) is 0 Å². The van der Waals surface area contributed by atoms with Crippen molar-refractivity contribution in [3.05, 3.63) is 53.1 Å². The van der Waals surface area contributed by atoms with E-state index >= 15 is 0 Å². The van der Waals surface area contributed by atoms with E-state index in [4.69, 9.17) is 21.1 Å². The molecule has 2 saturated heterocycles. The predicted octanol–water partition coefficient (Wildman–Crippen LogP) is 4.07. The number of carbonyl (C=O) groups is 2. The lowest BCUT2D eigenvalue weighted by Gasteiger charge is -2.28. The van der Waals surface area contributed by atoms with Crippen molar-refractivity contribution in [2.75, 3.05) is 32.2 Å². The van der Waals surface area contributed by atoms with Gasteiger partial charge in [-0.2, -0.15) is 0 Å². The molecule has 2 amide bonds. The molecule has 6 nitrogen and oxygen atoms in total. The van der Waals surface area contributed by atoms with Crippen LogP contribution in [-0.2, 0) is 9.59 Å². The largest absolute Gasteiger partial charge is 0.497 e. The summed E-state index contributed by atoms with van der Waals surface area (Å²) in [6.45, 7) is 1.06. The van der Waals surface area contributed by atoms with E-state index in [2.05, 4.69) is 0 Å². The second-order valence-electron chi connectivity index (χ2n) is 7.68. The number of nitrogens with zero attached hydrogens (tertiary/aromatic N) is 2. The van der Waals surface area contributed by atoms with E-state index in [-0.39, 0.29) is 30.2 Å². The second kappa shape index (κ2) is 8.56. The third kappa shape index (κ3) is 3.84. The predicted molar refractivity (Wildman–Crippen MR) is 115 cm³/mol. The molecule has 2 aromatic carbocycles. The maximum absolute atomic E-state index is 13.4. The summed E-state index contributed by atoms with van der Waals surface area (Å²) in [7, 11) is 3.24. The maximum Gasteiger partial charge on any atom is 0.228 e. The Morgan fingerprint density at radius 1 is 1.13 bits per heavy atom. The molecular formula is C23H25ClN2O4. The Kier molecular flexibility index (Phi) is 5.86. The zero-order chi connectivity index (χ0) is 21.3. The summed E-state index contributed by atoms with van der Waals surface area (Å²) in [4.78, 5) is 29.6. The summed E-state index contributed by atoms with van der Waals surface area (Å²) in [5.74, 6) is 1.04. The normalized spacial score (nSPS) is 21.2. The van der Waals surface area contributed by atoms with Gasteiger partial charge < -0.3 is 19.3 Å². The monoisotopic (exact) mass is 428 g/mol. The average Bonchev–Trinajstić information content (AvgIpc) is 3.39. The van der Waals surface area contributed by atoms with Gasteiger partial charge in [-0.1, -0.05) is 17.7 Å². The molecule has 0 radical (unpaired) electrons. The SMILES string of the molecule is COc1ccc(C2CCCN2C(=O)C2CC(=O)N(c3cccc(Cl)c3)C2)c(OC)c1. The molecule has 0 saturated carbocycles. The van der Waals surface area contributed by atoms with Gasteiger partial charge in [-0.15, -0.1) is 0 Å². The summed E-state index contributed by atoms with van der Waals surface area (Å²) < 4.78 is 10.9. The fourth-order valence-corrected chi connectivity index (χ4v) is 4.63. The van der Waals surface area contributed by atoms with Gasteiger partial charge >= 0.3 is 0 Å². The molecule has 2 unspecified atom stereocenters. The highest BCUT2D eigenvalue weighted by atomic mass is 35.5. The highest BCUT2D eigenvalue weighted by Gasteiger charge is 2.41. The molecule has 0 aromatic heterocycles. The first kappa shape index (κ1) is 20.5. The van der Waals surface area contributed by atoms with Crippen LogP contribution in [-0.4, -0.2) is 44.0 Å². The number of likely N-dealkylation sites (tertiary alicyclic amines) is 1. The fourth-order valence-electron chi connectivity index (χ4n) is 4.45. The van der Waals surface area contributed by atoms with Crippen molar-refractivity contribution in [3.63, 3.8) is 0 Å². The number of hydrogen-bond acceptors (Lipinski definition) is 4. The Balaban J connectivity index is 1.54.